The van der Waals surface area contributed by atoms with Crippen LogP contribution in [0.15, 0.2) is 42.5 Å². The van der Waals surface area contributed by atoms with Crippen LogP contribution in [0.1, 0.15) is 40.5 Å². The van der Waals surface area contributed by atoms with Crippen molar-refractivity contribution in [2.45, 2.75) is 25.9 Å². The van der Waals surface area contributed by atoms with E-state index in [4.69, 9.17) is 27.9 Å². The van der Waals surface area contributed by atoms with Gasteiger partial charge in [0.25, 0.3) is 0 Å². The van der Waals surface area contributed by atoms with Gasteiger partial charge in [0.05, 0.1) is 16.3 Å². The summed E-state index contributed by atoms with van der Waals surface area (Å²) in [5.41, 5.74) is 1.11. The van der Waals surface area contributed by atoms with Crippen LogP contribution in [0.5, 0.6) is 0 Å². The van der Waals surface area contributed by atoms with Crippen LogP contribution in [0.25, 0.3) is 0 Å². The van der Waals surface area contributed by atoms with Gasteiger partial charge in [-0.05, 0) is 55.8 Å². The van der Waals surface area contributed by atoms with Crippen LogP contribution < -0.4 is 4.90 Å². The minimum Gasteiger partial charge on any atom is -0.451 e. The molecule has 0 unspecified atom stereocenters. The fraction of sp³-hybridized carbons (Fsp3) is 0.250. The molecule has 1 aliphatic heterocycles. The van der Waals surface area contributed by atoms with Gasteiger partial charge >= 0.3 is 5.97 Å². The molecule has 7 heteroatoms. The number of Topliss-reactive ketones (excluding diaryl/α,β-unsaturated/α-hetero) is 1. The highest BCUT2D eigenvalue weighted by atomic mass is 35.5. The molecule has 140 valence electrons. The molecule has 0 N–H and O–H groups in total. The number of ketones is 1. The second kappa shape index (κ2) is 8.11. The monoisotopic (exact) mass is 405 g/mol. The van der Waals surface area contributed by atoms with Crippen molar-refractivity contribution < 1.29 is 19.1 Å². The van der Waals surface area contributed by atoms with Gasteiger partial charge in [-0.15, -0.1) is 0 Å². The molecule has 0 bridgehead atoms. The molecule has 1 saturated heterocycles. The van der Waals surface area contributed by atoms with Gasteiger partial charge in [-0.2, -0.15) is 0 Å². The number of benzene rings is 2. The second-order valence-electron chi connectivity index (χ2n) is 6.23. The van der Waals surface area contributed by atoms with Crippen LogP contribution in [0.3, 0.4) is 0 Å². The Morgan fingerprint density at radius 1 is 1.07 bits per heavy atom. The molecule has 1 atom stereocenters. The van der Waals surface area contributed by atoms with E-state index in [1.165, 1.54) is 19.1 Å². The average Bonchev–Trinajstić information content (AvgIpc) is 3.07. The zero-order valence-corrected chi connectivity index (χ0v) is 16.1. The van der Waals surface area contributed by atoms with Crippen molar-refractivity contribution in [3.8, 4) is 0 Å². The quantitative estimate of drug-likeness (QED) is 0.540. The summed E-state index contributed by atoms with van der Waals surface area (Å²) in [7, 11) is 0. The smallest absolute Gasteiger partial charge is 0.338 e. The van der Waals surface area contributed by atoms with Gasteiger partial charge in [-0.3, -0.25) is 9.59 Å². The molecule has 1 amide bonds. The lowest BCUT2D eigenvalue weighted by atomic mass is 10.1. The van der Waals surface area contributed by atoms with E-state index in [1.807, 2.05) is 0 Å². The number of halogens is 2. The standard InChI is InChI=1S/C20H17Cl2NO4/c1-12(19(25)13-4-7-15(21)8-5-13)27-20(26)14-6-9-16(22)17(11-14)23-10-2-3-18(23)24/h4-9,11-12H,2-3,10H2,1H3/t12-/m0/s1. The Balaban J connectivity index is 1.74. The van der Waals surface area contributed by atoms with Gasteiger partial charge in [0, 0.05) is 23.6 Å². The van der Waals surface area contributed by atoms with Gasteiger partial charge in [-0.25, -0.2) is 4.79 Å². The summed E-state index contributed by atoms with van der Waals surface area (Å²) < 4.78 is 5.30. The zero-order chi connectivity index (χ0) is 19.6. The van der Waals surface area contributed by atoms with Crippen LogP contribution in [0.4, 0.5) is 5.69 Å². The lowest BCUT2D eigenvalue weighted by molar-refractivity contribution is -0.117. The Hall–Kier alpha value is -2.37. The molecule has 5 nitrogen and oxygen atoms in total. The highest BCUT2D eigenvalue weighted by molar-refractivity contribution is 6.34. The number of carbonyl (C=O) groups is 3. The molecule has 0 aromatic heterocycles. The van der Waals surface area contributed by atoms with E-state index in [-0.39, 0.29) is 17.3 Å². The van der Waals surface area contributed by atoms with E-state index >= 15 is 0 Å². The van der Waals surface area contributed by atoms with Crippen LogP contribution in [-0.4, -0.2) is 30.3 Å². The van der Waals surface area contributed by atoms with Crippen LogP contribution in [-0.2, 0) is 9.53 Å². The van der Waals surface area contributed by atoms with Crippen LogP contribution >= 0.6 is 23.2 Å². The van der Waals surface area contributed by atoms with Crippen molar-refractivity contribution >= 4 is 46.5 Å². The predicted molar refractivity (Wildman–Crippen MR) is 104 cm³/mol. The fourth-order valence-corrected chi connectivity index (χ4v) is 3.23. The van der Waals surface area contributed by atoms with Gasteiger partial charge in [-0.1, -0.05) is 23.2 Å². The van der Waals surface area contributed by atoms with E-state index in [9.17, 15) is 14.4 Å². The average molecular weight is 406 g/mol. The number of esters is 1. The van der Waals surface area contributed by atoms with Gasteiger partial charge < -0.3 is 9.64 Å². The topological polar surface area (TPSA) is 63.7 Å². The summed E-state index contributed by atoms with van der Waals surface area (Å²) in [6.45, 7) is 2.07. The van der Waals surface area contributed by atoms with Crippen molar-refractivity contribution in [3.05, 3.63) is 63.6 Å². The number of anilines is 1. The first-order valence-corrected chi connectivity index (χ1v) is 9.23. The molecular formula is C20H17Cl2NO4. The van der Waals surface area contributed by atoms with Gasteiger partial charge in [0.1, 0.15) is 0 Å². The second-order valence-corrected chi connectivity index (χ2v) is 7.08. The van der Waals surface area contributed by atoms with Crippen molar-refractivity contribution in [2.24, 2.45) is 0 Å². The summed E-state index contributed by atoms with van der Waals surface area (Å²) in [6.07, 6.45) is 0.236. The highest BCUT2D eigenvalue weighted by Crippen LogP contribution is 2.30. The fourth-order valence-electron chi connectivity index (χ4n) is 2.88. The molecule has 0 aliphatic carbocycles. The van der Waals surface area contributed by atoms with Gasteiger partial charge in [0.2, 0.25) is 11.7 Å². The van der Waals surface area contributed by atoms with E-state index < -0.39 is 12.1 Å². The third kappa shape index (κ3) is 4.31. The maximum absolute atomic E-state index is 12.5. The number of hydrogen-bond acceptors (Lipinski definition) is 4. The normalized spacial score (nSPS) is 14.9. The maximum Gasteiger partial charge on any atom is 0.338 e. The van der Waals surface area contributed by atoms with Crippen molar-refractivity contribution in [1.29, 1.82) is 0 Å². The highest BCUT2D eigenvalue weighted by Gasteiger charge is 2.26. The summed E-state index contributed by atoms with van der Waals surface area (Å²) in [6, 6.07) is 10.9. The number of ether oxygens (including phenoxy) is 1. The van der Waals surface area contributed by atoms with Crippen LogP contribution in [0.2, 0.25) is 10.0 Å². The maximum atomic E-state index is 12.5. The predicted octanol–water partition coefficient (Wildman–Crippen LogP) is 4.55. The van der Waals surface area contributed by atoms with E-state index in [0.29, 0.717) is 34.3 Å². The molecule has 0 spiro atoms. The number of nitrogens with zero attached hydrogens (tertiary/aromatic N) is 1. The molecule has 0 radical (unpaired) electrons. The third-order valence-electron chi connectivity index (χ3n) is 4.33. The summed E-state index contributed by atoms with van der Waals surface area (Å²) in [5.74, 6) is -1.02. The van der Waals surface area contributed by atoms with E-state index in [1.54, 1.807) is 35.2 Å². The molecule has 1 heterocycles. The minimum absolute atomic E-state index is 0.0336. The molecule has 27 heavy (non-hydrogen) atoms. The largest absolute Gasteiger partial charge is 0.451 e. The van der Waals surface area contributed by atoms with Gasteiger partial charge in [0.15, 0.2) is 6.10 Å². The summed E-state index contributed by atoms with van der Waals surface area (Å²) >= 11 is 12.0. The Bertz CT molecular complexity index is 895. The molecule has 2 aromatic rings. The number of amides is 1. The van der Waals surface area contributed by atoms with Crippen molar-refractivity contribution in [3.63, 3.8) is 0 Å². The molecule has 2 aromatic carbocycles. The third-order valence-corrected chi connectivity index (χ3v) is 4.90. The summed E-state index contributed by atoms with van der Waals surface area (Å²) in [5, 5.41) is 0.897. The lowest BCUT2D eigenvalue weighted by Gasteiger charge is -2.18. The van der Waals surface area contributed by atoms with E-state index in [2.05, 4.69) is 0 Å². The SMILES string of the molecule is C[C@H](OC(=O)c1ccc(Cl)c(N2CCCC2=O)c1)C(=O)c1ccc(Cl)cc1. The van der Waals surface area contributed by atoms with Crippen molar-refractivity contribution in [1.82, 2.24) is 0 Å². The molecule has 3 rings (SSSR count). The van der Waals surface area contributed by atoms with Crippen molar-refractivity contribution in [2.75, 3.05) is 11.4 Å². The number of hydrogen-bond donors (Lipinski definition) is 0. The number of carbonyl (C=O) groups excluding carboxylic acids is 3. The minimum atomic E-state index is -0.966. The molecule has 1 aliphatic rings. The van der Waals surface area contributed by atoms with E-state index in [0.717, 1.165) is 6.42 Å². The molecular weight excluding hydrogens is 389 g/mol. The zero-order valence-electron chi connectivity index (χ0n) is 14.6. The first kappa shape index (κ1) is 19.4. The Labute approximate surface area is 166 Å². The van der Waals surface area contributed by atoms with Crippen LogP contribution in [0, 0.1) is 0 Å². The molecule has 0 saturated carbocycles. The first-order valence-electron chi connectivity index (χ1n) is 8.47. The first-order chi connectivity index (χ1) is 12.9. The lowest BCUT2D eigenvalue weighted by Crippen LogP contribution is -2.26. The Morgan fingerprint density at radius 3 is 2.37 bits per heavy atom. The number of rotatable bonds is 5. The molecule has 1 fully saturated rings. The Morgan fingerprint density at radius 2 is 1.74 bits per heavy atom. The Kier molecular flexibility index (Phi) is 5.82. The summed E-state index contributed by atoms with van der Waals surface area (Å²) in [4.78, 5) is 38.4.